The predicted molar refractivity (Wildman–Crippen MR) is 93.0 cm³/mol. The molecule has 3 heterocycles. The molecule has 1 spiro atoms. The molecule has 1 aromatic heterocycles. The summed E-state index contributed by atoms with van der Waals surface area (Å²) in [6.45, 7) is 4.50. The minimum atomic E-state index is 0.0788. The van der Waals surface area contributed by atoms with Gasteiger partial charge in [-0.3, -0.25) is 14.6 Å². The van der Waals surface area contributed by atoms with E-state index in [1.54, 1.807) is 0 Å². The standard InChI is InChI=1S/C18H29N5O2/c1-22-10-11-23(13-18(22)7-6-16(24)19-9-8-18)12-15-20-17(25-21-15)14-4-2-3-5-14/h14H,2-13H2,1H3,(H,19,24)/t18-/m1/s1. The summed E-state index contributed by atoms with van der Waals surface area (Å²) in [6, 6.07) is 0. The number of hydrogen-bond acceptors (Lipinski definition) is 6. The van der Waals surface area contributed by atoms with Gasteiger partial charge in [0.05, 0.1) is 6.54 Å². The van der Waals surface area contributed by atoms with E-state index in [1.165, 1.54) is 25.7 Å². The van der Waals surface area contributed by atoms with Crippen molar-refractivity contribution < 1.29 is 9.32 Å². The van der Waals surface area contributed by atoms with E-state index in [0.717, 1.165) is 57.3 Å². The Hall–Kier alpha value is -1.47. The molecule has 4 rings (SSSR count). The van der Waals surface area contributed by atoms with Crippen molar-refractivity contribution in [2.75, 3.05) is 33.2 Å². The van der Waals surface area contributed by atoms with Crippen LogP contribution in [0.1, 0.15) is 62.6 Å². The van der Waals surface area contributed by atoms with E-state index in [-0.39, 0.29) is 11.4 Å². The van der Waals surface area contributed by atoms with E-state index in [4.69, 9.17) is 4.52 Å². The zero-order chi connectivity index (χ0) is 17.3. The van der Waals surface area contributed by atoms with Gasteiger partial charge in [0.1, 0.15) is 0 Å². The molecule has 3 aliphatic rings. The van der Waals surface area contributed by atoms with Crippen LogP contribution in [0.3, 0.4) is 0 Å². The number of rotatable bonds is 3. The number of aromatic nitrogens is 2. The normalized spacial score (nSPS) is 29.9. The van der Waals surface area contributed by atoms with Crippen molar-refractivity contribution in [3.63, 3.8) is 0 Å². The minimum Gasteiger partial charge on any atom is -0.356 e. The third-order valence-electron chi connectivity index (χ3n) is 6.36. The minimum absolute atomic E-state index is 0.0788. The lowest BCUT2D eigenvalue weighted by atomic mass is 9.86. The maximum Gasteiger partial charge on any atom is 0.229 e. The Morgan fingerprint density at radius 1 is 1.28 bits per heavy atom. The fourth-order valence-corrected chi connectivity index (χ4v) is 4.68. The van der Waals surface area contributed by atoms with Crippen molar-refractivity contribution in [3.05, 3.63) is 11.7 Å². The Morgan fingerprint density at radius 3 is 2.96 bits per heavy atom. The first-order valence-corrected chi connectivity index (χ1v) is 9.67. The van der Waals surface area contributed by atoms with Crippen LogP contribution in [-0.4, -0.2) is 64.6 Å². The molecule has 25 heavy (non-hydrogen) atoms. The highest BCUT2D eigenvalue weighted by Crippen LogP contribution is 2.33. The van der Waals surface area contributed by atoms with E-state index in [0.29, 0.717) is 12.3 Å². The summed E-state index contributed by atoms with van der Waals surface area (Å²) in [5.74, 6) is 2.30. The van der Waals surface area contributed by atoms with Crippen molar-refractivity contribution in [1.82, 2.24) is 25.3 Å². The Balaban J connectivity index is 1.41. The zero-order valence-corrected chi connectivity index (χ0v) is 15.2. The highest BCUT2D eigenvalue weighted by molar-refractivity contribution is 5.76. The molecular weight excluding hydrogens is 318 g/mol. The lowest BCUT2D eigenvalue weighted by molar-refractivity contribution is -0.121. The number of nitrogens with zero attached hydrogens (tertiary/aromatic N) is 4. The van der Waals surface area contributed by atoms with Crippen LogP contribution in [0, 0.1) is 0 Å². The van der Waals surface area contributed by atoms with Crippen molar-refractivity contribution in [2.45, 2.75) is 62.9 Å². The first-order chi connectivity index (χ1) is 12.1. The third-order valence-corrected chi connectivity index (χ3v) is 6.36. The molecule has 138 valence electrons. The fraction of sp³-hybridized carbons (Fsp3) is 0.833. The van der Waals surface area contributed by atoms with Gasteiger partial charge in [-0.25, -0.2) is 0 Å². The molecule has 7 heteroatoms. The second-order valence-corrected chi connectivity index (χ2v) is 7.99. The first-order valence-electron chi connectivity index (χ1n) is 9.67. The maximum atomic E-state index is 11.7. The van der Waals surface area contributed by atoms with Crippen molar-refractivity contribution in [1.29, 1.82) is 0 Å². The Labute approximate surface area is 149 Å². The van der Waals surface area contributed by atoms with Crippen LogP contribution in [0.25, 0.3) is 0 Å². The summed E-state index contributed by atoms with van der Waals surface area (Å²) in [6.07, 6.45) is 7.45. The van der Waals surface area contributed by atoms with Crippen LogP contribution in [0.2, 0.25) is 0 Å². The molecule has 2 aliphatic heterocycles. The average Bonchev–Trinajstić information content (AvgIpc) is 3.24. The quantitative estimate of drug-likeness (QED) is 0.893. The molecule has 1 atom stereocenters. The fourth-order valence-electron chi connectivity index (χ4n) is 4.68. The predicted octanol–water partition coefficient (Wildman–Crippen LogP) is 1.51. The second-order valence-electron chi connectivity index (χ2n) is 7.99. The van der Waals surface area contributed by atoms with Crippen LogP contribution in [0.15, 0.2) is 4.52 Å². The van der Waals surface area contributed by atoms with Gasteiger partial charge in [-0.1, -0.05) is 18.0 Å². The van der Waals surface area contributed by atoms with E-state index in [9.17, 15) is 4.79 Å². The van der Waals surface area contributed by atoms with Crippen molar-refractivity contribution in [2.24, 2.45) is 0 Å². The number of amides is 1. The van der Waals surface area contributed by atoms with Gasteiger partial charge >= 0.3 is 0 Å². The molecule has 1 amide bonds. The van der Waals surface area contributed by atoms with Crippen molar-refractivity contribution >= 4 is 5.91 Å². The highest BCUT2D eigenvalue weighted by Gasteiger charge is 2.41. The van der Waals surface area contributed by atoms with Crippen LogP contribution in [-0.2, 0) is 11.3 Å². The molecule has 0 radical (unpaired) electrons. The molecule has 1 aliphatic carbocycles. The maximum absolute atomic E-state index is 11.7. The molecule has 1 aromatic rings. The number of carbonyl (C=O) groups excluding carboxylic acids is 1. The van der Waals surface area contributed by atoms with Gasteiger partial charge in [0.25, 0.3) is 0 Å². The third kappa shape index (κ3) is 3.58. The summed E-state index contributed by atoms with van der Waals surface area (Å²) in [5.41, 5.74) is 0.0788. The molecule has 0 unspecified atom stereocenters. The van der Waals surface area contributed by atoms with Crippen LogP contribution in [0.5, 0.6) is 0 Å². The SMILES string of the molecule is CN1CCN(Cc2noc(C3CCCC3)n2)C[C@@]12CCNC(=O)CC2. The average molecular weight is 347 g/mol. The van der Waals surface area contributed by atoms with E-state index in [2.05, 4.69) is 32.3 Å². The lowest BCUT2D eigenvalue weighted by Gasteiger charge is -2.49. The Morgan fingerprint density at radius 2 is 2.12 bits per heavy atom. The van der Waals surface area contributed by atoms with Crippen LogP contribution in [0.4, 0.5) is 0 Å². The van der Waals surface area contributed by atoms with Crippen LogP contribution >= 0.6 is 0 Å². The molecule has 0 bridgehead atoms. The first kappa shape index (κ1) is 17.0. The summed E-state index contributed by atoms with van der Waals surface area (Å²) >= 11 is 0. The molecule has 1 saturated carbocycles. The van der Waals surface area contributed by atoms with E-state index < -0.39 is 0 Å². The molecule has 3 fully saturated rings. The molecule has 0 aromatic carbocycles. The number of hydrogen-bond donors (Lipinski definition) is 1. The van der Waals surface area contributed by atoms with Gasteiger partial charge < -0.3 is 9.84 Å². The van der Waals surface area contributed by atoms with Crippen molar-refractivity contribution in [3.8, 4) is 0 Å². The second kappa shape index (κ2) is 7.03. The van der Waals surface area contributed by atoms with Gasteiger partial charge in [-0.05, 0) is 32.7 Å². The number of carbonyl (C=O) groups is 1. The smallest absolute Gasteiger partial charge is 0.229 e. The largest absolute Gasteiger partial charge is 0.356 e. The zero-order valence-electron chi connectivity index (χ0n) is 15.2. The van der Waals surface area contributed by atoms with E-state index >= 15 is 0 Å². The van der Waals surface area contributed by atoms with Gasteiger partial charge in [-0.2, -0.15) is 4.98 Å². The summed E-state index contributed by atoms with van der Waals surface area (Å²) in [5, 5.41) is 7.24. The summed E-state index contributed by atoms with van der Waals surface area (Å²) in [4.78, 5) is 21.3. The molecular formula is C18H29N5O2. The van der Waals surface area contributed by atoms with Gasteiger partial charge in [0.2, 0.25) is 11.8 Å². The van der Waals surface area contributed by atoms with Gasteiger partial charge in [0, 0.05) is 44.1 Å². The topological polar surface area (TPSA) is 74.5 Å². The molecule has 1 N–H and O–H groups in total. The molecule has 7 nitrogen and oxygen atoms in total. The summed E-state index contributed by atoms with van der Waals surface area (Å²) in [7, 11) is 2.19. The van der Waals surface area contributed by atoms with Gasteiger partial charge in [-0.15, -0.1) is 0 Å². The number of piperazine rings is 1. The Bertz CT molecular complexity index is 612. The Kier molecular flexibility index (Phi) is 4.78. The number of nitrogens with one attached hydrogen (secondary N) is 1. The number of likely N-dealkylation sites (N-methyl/N-ethyl adjacent to an activating group) is 1. The monoisotopic (exact) mass is 347 g/mol. The highest BCUT2D eigenvalue weighted by atomic mass is 16.5. The van der Waals surface area contributed by atoms with E-state index in [1.807, 2.05) is 0 Å². The lowest BCUT2D eigenvalue weighted by Crippen LogP contribution is -2.60. The van der Waals surface area contributed by atoms with Crippen LogP contribution < -0.4 is 5.32 Å². The van der Waals surface area contributed by atoms with Gasteiger partial charge in [0.15, 0.2) is 5.82 Å². The summed E-state index contributed by atoms with van der Waals surface area (Å²) < 4.78 is 5.53. The molecule has 2 saturated heterocycles.